The lowest BCUT2D eigenvalue weighted by Crippen LogP contribution is -2.18. The fourth-order valence-corrected chi connectivity index (χ4v) is 3.13. The molecule has 0 atom stereocenters. The van der Waals surface area contributed by atoms with Gasteiger partial charge in [-0.15, -0.1) is 0 Å². The number of pyridine rings is 3. The number of carbonyl (C=O) groups excluding carboxylic acids is 5. The highest BCUT2D eigenvalue weighted by atomic mass is 35.5. The van der Waals surface area contributed by atoms with E-state index in [0.717, 1.165) is 12.3 Å². The molecule has 40 heavy (non-hydrogen) atoms. The number of rotatable bonds is 4. The van der Waals surface area contributed by atoms with Crippen molar-refractivity contribution >= 4 is 120 Å². The van der Waals surface area contributed by atoms with Crippen molar-refractivity contribution in [3.05, 3.63) is 84.2 Å². The maximum Gasteiger partial charge on any atom is 0.304 e. The molecule has 3 aromatic heterocycles. The zero-order valence-electron chi connectivity index (χ0n) is 19.3. The average Bonchev–Trinajstić information content (AvgIpc) is 2.84. The standard InChI is InChI=1S/C7H6Cl2N2O.C6H2Cl3NO.C6H4ClNO3.C2Cl2O2/c1-10-7(12)4-3-11-6(9)2-5(4)8;7-4-1-5(8)10-2-3(4)6(9)11;7-6(11)3-2-8-5(10)1-4(3)9;3-1(5)2(4)6/h2-3H,1H3,(H,10,12);1-2H;1-2H,(H2,8,9,10);. The van der Waals surface area contributed by atoms with Crippen molar-refractivity contribution in [3.63, 3.8) is 0 Å². The molecule has 3 heterocycles. The second-order valence-electron chi connectivity index (χ2n) is 6.24. The first-order valence-electron chi connectivity index (χ1n) is 9.56. The molecule has 11 nitrogen and oxygen atoms in total. The Morgan fingerprint density at radius 3 is 1.50 bits per heavy atom. The number of hydrogen-bond donors (Lipinski definition) is 3. The number of aromatic nitrogens is 3. The molecule has 0 aliphatic carbocycles. The van der Waals surface area contributed by atoms with Crippen molar-refractivity contribution in [2.45, 2.75) is 0 Å². The molecule has 3 N–H and O–H groups in total. The SMILES string of the molecule is CNC(=O)c1cnc(Cl)cc1Cl.O=C(Cl)C(=O)Cl.O=C(Cl)c1c[nH]c(=O)cc1O.O=C(Cl)c1cnc(Cl)cc1Cl. The average molecular weight is 716 g/mol. The Morgan fingerprint density at radius 2 is 1.18 bits per heavy atom. The van der Waals surface area contributed by atoms with Crippen LogP contribution in [0.1, 0.15) is 31.1 Å². The summed E-state index contributed by atoms with van der Waals surface area (Å²) < 4.78 is 0. The minimum Gasteiger partial charge on any atom is -0.507 e. The number of nitrogens with one attached hydrogen (secondary N) is 2. The summed E-state index contributed by atoms with van der Waals surface area (Å²) in [6, 6.07) is 3.67. The third-order valence-electron chi connectivity index (χ3n) is 3.59. The van der Waals surface area contributed by atoms with E-state index in [1.165, 1.54) is 31.6 Å². The summed E-state index contributed by atoms with van der Waals surface area (Å²) in [4.78, 5) is 71.0. The molecule has 0 radical (unpaired) electrons. The van der Waals surface area contributed by atoms with Gasteiger partial charge in [-0.25, -0.2) is 9.97 Å². The van der Waals surface area contributed by atoms with Crippen LogP contribution in [-0.2, 0) is 9.59 Å². The maximum absolute atomic E-state index is 11.1. The van der Waals surface area contributed by atoms with Gasteiger partial charge in [0.25, 0.3) is 22.0 Å². The van der Waals surface area contributed by atoms with Gasteiger partial charge in [-0.1, -0.05) is 46.4 Å². The summed E-state index contributed by atoms with van der Waals surface area (Å²) in [7, 11) is 1.52. The lowest BCUT2D eigenvalue weighted by molar-refractivity contribution is -0.127. The maximum atomic E-state index is 11.1. The predicted octanol–water partition coefficient (Wildman–Crippen LogP) is 5.49. The molecule has 0 aromatic carbocycles. The van der Waals surface area contributed by atoms with Crippen molar-refractivity contribution in [1.82, 2.24) is 20.3 Å². The Balaban J connectivity index is 0.000000520. The van der Waals surface area contributed by atoms with E-state index in [4.69, 9.17) is 74.7 Å². The largest absolute Gasteiger partial charge is 0.507 e. The molecule has 0 aliphatic heterocycles. The van der Waals surface area contributed by atoms with Crippen LogP contribution in [0.25, 0.3) is 0 Å². The lowest BCUT2D eigenvalue weighted by Gasteiger charge is -2.00. The molecule has 3 aromatic rings. The van der Waals surface area contributed by atoms with Crippen LogP contribution in [0.15, 0.2) is 41.6 Å². The van der Waals surface area contributed by atoms with E-state index in [0.29, 0.717) is 10.6 Å². The van der Waals surface area contributed by atoms with Gasteiger partial charge in [0, 0.05) is 31.7 Å². The molecule has 3 rings (SSSR count). The highest BCUT2D eigenvalue weighted by molar-refractivity contribution is 6.97. The Bertz CT molecular complexity index is 1460. The summed E-state index contributed by atoms with van der Waals surface area (Å²) in [5, 5.41) is 8.66. The summed E-state index contributed by atoms with van der Waals surface area (Å²) in [6.07, 6.45) is 3.64. The van der Waals surface area contributed by atoms with Crippen molar-refractivity contribution in [2.75, 3.05) is 7.05 Å². The summed E-state index contributed by atoms with van der Waals surface area (Å²) in [5.74, 6) is -0.682. The summed E-state index contributed by atoms with van der Waals surface area (Å²) in [6.45, 7) is 0. The van der Waals surface area contributed by atoms with Crippen LogP contribution < -0.4 is 10.9 Å². The zero-order valence-corrected chi connectivity index (χ0v) is 25.3. The zero-order chi connectivity index (χ0) is 31.2. The molecule has 214 valence electrons. The smallest absolute Gasteiger partial charge is 0.304 e. The van der Waals surface area contributed by atoms with Gasteiger partial charge in [-0.05, 0) is 58.5 Å². The number of H-pyrrole nitrogens is 1. The van der Waals surface area contributed by atoms with E-state index in [-0.39, 0.29) is 32.4 Å². The summed E-state index contributed by atoms with van der Waals surface area (Å²) in [5.41, 5.74) is -0.100. The number of amides is 1. The molecule has 0 unspecified atom stereocenters. The van der Waals surface area contributed by atoms with Crippen LogP contribution in [0.5, 0.6) is 5.75 Å². The number of hydrogen-bond acceptors (Lipinski definition) is 9. The van der Waals surface area contributed by atoms with Crippen LogP contribution in [0.3, 0.4) is 0 Å². The predicted molar refractivity (Wildman–Crippen MR) is 153 cm³/mol. The van der Waals surface area contributed by atoms with Crippen molar-refractivity contribution < 1.29 is 29.1 Å². The van der Waals surface area contributed by atoms with Crippen LogP contribution in [0, 0.1) is 0 Å². The Labute approximate surface area is 264 Å². The Morgan fingerprint density at radius 1 is 0.750 bits per heavy atom. The van der Waals surface area contributed by atoms with Gasteiger partial charge in [0.2, 0.25) is 0 Å². The molecule has 1 amide bonds. The van der Waals surface area contributed by atoms with Gasteiger partial charge in [-0.3, -0.25) is 28.8 Å². The number of carbonyl (C=O) groups is 5. The first-order valence-corrected chi connectivity index (χ1v) is 12.6. The molecule has 19 heteroatoms. The highest BCUT2D eigenvalue weighted by Gasteiger charge is 2.10. The van der Waals surface area contributed by atoms with Crippen molar-refractivity contribution in [3.8, 4) is 5.75 Å². The summed E-state index contributed by atoms with van der Waals surface area (Å²) >= 11 is 41.5. The van der Waals surface area contributed by atoms with E-state index in [9.17, 15) is 28.8 Å². The second kappa shape index (κ2) is 18.8. The van der Waals surface area contributed by atoms with E-state index in [1.807, 2.05) is 0 Å². The van der Waals surface area contributed by atoms with Gasteiger partial charge in [0.1, 0.15) is 16.1 Å². The first-order chi connectivity index (χ1) is 18.5. The fraction of sp³-hybridized carbons (Fsp3) is 0.0476. The van der Waals surface area contributed by atoms with Crippen molar-refractivity contribution in [1.29, 1.82) is 0 Å². The third-order valence-corrected chi connectivity index (χ3v) is 5.48. The van der Waals surface area contributed by atoms with E-state index in [2.05, 4.69) is 43.5 Å². The molecule has 0 saturated heterocycles. The van der Waals surface area contributed by atoms with E-state index in [1.54, 1.807) is 0 Å². The van der Waals surface area contributed by atoms with Gasteiger partial charge in [-0.2, -0.15) is 0 Å². The van der Waals surface area contributed by atoms with Crippen LogP contribution in [0.4, 0.5) is 0 Å². The molecule has 0 fully saturated rings. The molecule has 0 bridgehead atoms. The van der Waals surface area contributed by atoms with Gasteiger partial charge in [0.05, 0.1) is 26.7 Å². The lowest BCUT2D eigenvalue weighted by atomic mass is 10.3. The van der Waals surface area contributed by atoms with E-state index >= 15 is 0 Å². The topological polar surface area (TPSA) is 176 Å². The Kier molecular flexibility index (Phi) is 17.6. The van der Waals surface area contributed by atoms with Crippen LogP contribution >= 0.6 is 92.8 Å². The minimum absolute atomic E-state index is 0.105. The van der Waals surface area contributed by atoms with Gasteiger partial charge in [0.15, 0.2) is 0 Å². The number of aromatic hydroxyl groups is 1. The van der Waals surface area contributed by atoms with Crippen molar-refractivity contribution in [2.24, 2.45) is 0 Å². The number of halogens is 8. The minimum atomic E-state index is -1.14. The second-order valence-corrected chi connectivity index (χ2v) is 9.21. The molecule has 0 saturated carbocycles. The highest BCUT2D eigenvalue weighted by Crippen LogP contribution is 2.20. The monoisotopic (exact) mass is 712 g/mol. The molecule has 0 aliphatic rings. The number of aromatic amines is 1. The number of nitrogens with zero attached hydrogens (tertiary/aromatic N) is 2. The molecule has 0 spiro atoms. The van der Waals surface area contributed by atoms with E-state index < -0.39 is 32.3 Å². The third kappa shape index (κ3) is 14.2. The molecular formula is C21H12Cl8N4O7. The normalized spacial score (nSPS) is 9.32. The van der Waals surface area contributed by atoms with Crippen LogP contribution in [0.2, 0.25) is 20.4 Å². The van der Waals surface area contributed by atoms with Crippen LogP contribution in [-0.4, -0.2) is 54.0 Å². The quantitative estimate of drug-likeness (QED) is 0.179. The Hall–Kier alpha value is -2.48. The fourth-order valence-electron chi connectivity index (χ4n) is 1.88. The molecular weight excluding hydrogens is 704 g/mol. The first kappa shape index (κ1) is 37.5. The van der Waals surface area contributed by atoms with Gasteiger partial charge >= 0.3 is 10.5 Å². The van der Waals surface area contributed by atoms with Gasteiger partial charge < -0.3 is 15.4 Å².